The van der Waals surface area contributed by atoms with Crippen LogP contribution in [0, 0.1) is 20.8 Å². The van der Waals surface area contributed by atoms with Gasteiger partial charge >= 0.3 is 0 Å². The summed E-state index contributed by atoms with van der Waals surface area (Å²) in [5, 5.41) is 4.23. The summed E-state index contributed by atoms with van der Waals surface area (Å²) < 4.78 is 8.06. The van der Waals surface area contributed by atoms with E-state index in [0.717, 1.165) is 23.3 Å². The highest BCUT2D eigenvalue weighted by molar-refractivity contribution is 5.42. The van der Waals surface area contributed by atoms with Crippen molar-refractivity contribution in [2.45, 2.75) is 46.3 Å². The van der Waals surface area contributed by atoms with Crippen molar-refractivity contribution in [1.29, 1.82) is 0 Å². The summed E-state index contributed by atoms with van der Waals surface area (Å²) in [4.78, 5) is 0. The SMILES string of the molecule is CCC(N)C(Oc1cc(C)cc(C)c1C)c1cnn(C)c1. The molecule has 2 unspecified atom stereocenters. The van der Waals surface area contributed by atoms with Crippen molar-refractivity contribution in [3.63, 3.8) is 0 Å². The summed E-state index contributed by atoms with van der Waals surface area (Å²) in [7, 11) is 1.90. The Balaban J connectivity index is 2.36. The van der Waals surface area contributed by atoms with Crippen LogP contribution in [-0.4, -0.2) is 15.8 Å². The van der Waals surface area contributed by atoms with Crippen molar-refractivity contribution in [2.24, 2.45) is 12.8 Å². The molecule has 0 saturated carbocycles. The van der Waals surface area contributed by atoms with Crippen LogP contribution in [0.15, 0.2) is 24.5 Å². The third kappa shape index (κ3) is 3.45. The van der Waals surface area contributed by atoms with E-state index in [1.54, 1.807) is 4.68 Å². The minimum atomic E-state index is -0.177. The summed E-state index contributed by atoms with van der Waals surface area (Å²) >= 11 is 0. The highest BCUT2D eigenvalue weighted by atomic mass is 16.5. The van der Waals surface area contributed by atoms with Crippen LogP contribution in [0.3, 0.4) is 0 Å². The Morgan fingerprint density at radius 2 is 2.00 bits per heavy atom. The molecule has 21 heavy (non-hydrogen) atoms. The molecule has 2 aromatic rings. The van der Waals surface area contributed by atoms with Crippen molar-refractivity contribution >= 4 is 0 Å². The van der Waals surface area contributed by atoms with Crippen molar-refractivity contribution < 1.29 is 4.74 Å². The summed E-state index contributed by atoms with van der Waals surface area (Å²) in [5.41, 5.74) is 10.9. The zero-order valence-corrected chi connectivity index (χ0v) is 13.6. The Kier molecular flexibility index (Phi) is 4.68. The Morgan fingerprint density at radius 1 is 1.29 bits per heavy atom. The number of benzene rings is 1. The first-order valence-electron chi connectivity index (χ1n) is 7.41. The number of ether oxygens (including phenoxy) is 1. The van der Waals surface area contributed by atoms with Crippen LogP contribution in [0.1, 0.15) is 41.7 Å². The summed E-state index contributed by atoms with van der Waals surface area (Å²) in [6.45, 7) is 8.35. The maximum absolute atomic E-state index is 6.28. The quantitative estimate of drug-likeness (QED) is 0.918. The van der Waals surface area contributed by atoms with Crippen LogP contribution in [0.2, 0.25) is 0 Å². The number of hydrogen-bond acceptors (Lipinski definition) is 3. The molecule has 2 rings (SSSR count). The fraction of sp³-hybridized carbons (Fsp3) is 0.471. The summed E-state index contributed by atoms with van der Waals surface area (Å²) in [5.74, 6) is 0.908. The maximum Gasteiger partial charge on any atom is 0.142 e. The van der Waals surface area contributed by atoms with Gasteiger partial charge in [0.2, 0.25) is 0 Å². The molecule has 0 amide bonds. The van der Waals surface area contributed by atoms with Gasteiger partial charge in [0.15, 0.2) is 0 Å². The van der Waals surface area contributed by atoms with E-state index in [9.17, 15) is 0 Å². The largest absolute Gasteiger partial charge is 0.484 e. The Morgan fingerprint density at radius 3 is 2.57 bits per heavy atom. The Labute approximate surface area is 126 Å². The second-order valence-electron chi connectivity index (χ2n) is 5.76. The minimum absolute atomic E-state index is 0.0607. The zero-order chi connectivity index (χ0) is 15.6. The molecule has 114 valence electrons. The molecule has 4 heteroatoms. The standard InChI is InChI=1S/C17H25N3O/c1-6-15(18)17(14-9-19-20(5)10-14)21-16-8-11(2)7-12(3)13(16)4/h7-10,15,17H,6,18H2,1-5H3. The molecule has 1 aromatic heterocycles. The van der Waals surface area contributed by atoms with Crippen LogP contribution in [0.25, 0.3) is 0 Å². The Bertz CT molecular complexity index is 618. The van der Waals surface area contributed by atoms with E-state index in [0.29, 0.717) is 0 Å². The molecule has 1 heterocycles. The Hall–Kier alpha value is -1.81. The third-order valence-corrected chi connectivity index (χ3v) is 3.93. The molecule has 0 bridgehead atoms. The average molecular weight is 287 g/mol. The van der Waals surface area contributed by atoms with Crippen LogP contribution in [-0.2, 0) is 7.05 Å². The first kappa shape index (κ1) is 15.6. The maximum atomic E-state index is 6.28. The van der Waals surface area contributed by atoms with Gasteiger partial charge < -0.3 is 10.5 Å². The lowest BCUT2D eigenvalue weighted by Crippen LogP contribution is -2.31. The number of nitrogens with two attached hydrogens (primary N) is 1. The fourth-order valence-corrected chi connectivity index (χ4v) is 2.46. The molecule has 0 aliphatic rings. The molecule has 2 N–H and O–H groups in total. The number of nitrogens with zero attached hydrogens (tertiary/aromatic N) is 2. The van der Waals surface area contributed by atoms with Crippen LogP contribution in [0.5, 0.6) is 5.75 Å². The molecule has 0 aliphatic carbocycles. The molecule has 4 nitrogen and oxygen atoms in total. The summed E-state index contributed by atoms with van der Waals surface area (Å²) in [6, 6.07) is 4.18. The van der Waals surface area contributed by atoms with Gasteiger partial charge in [-0.25, -0.2) is 0 Å². The first-order valence-corrected chi connectivity index (χ1v) is 7.41. The second-order valence-corrected chi connectivity index (χ2v) is 5.76. The molecule has 0 spiro atoms. The highest BCUT2D eigenvalue weighted by Gasteiger charge is 2.23. The number of rotatable bonds is 5. The lowest BCUT2D eigenvalue weighted by Gasteiger charge is -2.25. The van der Waals surface area contributed by atoms with Crippen molar-refractivity contribution in [3.05, 3.63) is 46.8 Å². The van der Waals surface area contributed by atoms with Crippen LogP contribution >= 0.6 is 0 Å². The fourth-order valence-electron chi connectivity index (χ4n) is 2.46. The van der Waals surface area contributed by atoms with E-state index < -0.39 is 0 Å². The topological polar surface area (TPSA) is 53.1 Å². The van der Waals surface area contributed by atoms with Gasteiger partial charge in [-0.2, -0.15) is 5.10 Å². The molecule has 0 saturated heterocycles. The summed E-state index contributed by atoms with van der Waals surface area (Å²) in [6.07, 6.45) is 4.48. The van der Waals surface area contributed by atoms with Crippen molar-refractivity contribution in [1.82, 2.24) is 9.78 Å². The van der Waals surface area contributed by atoms with E-state index in [1.165, 1.54) is 11.1 Å². The molecular formula is C17H25N3O. The van der Waals surface area contributed by atoms with Gasteiger partial charge in [0, 0.05) is 24.8 Å². The van der Waals surface area contributed by atoms with E-state index in [4.69, 9.17) is 10.5 Å². The predicted octanol–water partition coefficient (Wildman–Crippen LogP) is 3.20. The molecular weight excluding hydrogens is 262 g/mol. The van der Waals surface area contributed by atoms with E-state index in [-0.39, 0.29) is 12.1 Å². The average Bonchev–Trinajstić information content (AvgIpc) is 2.86. The second kappa shape index (κ2) is 6.31. The van der Waals surface area contributed by atoms with Gasteiger partial charge in [-0.05, 0) is 49.9 Å². The smallest absolute Gasteiger partial charge is 0.142 e. The molecule has 0 fully saturated rings. The van der Waals surface area contributed by atoms with Crippen molar-refractivity contribution in [2.75, 3.05) is 0 Å². The molecule has 0 radical (unpaired) electrons. The van der Waals surface area contributed by atoms with Gasteiger partial charge in [-0.3, -0.25) is 4.68 Å². The predicted molar refractivity (Wildman–Crippen MR) is 85.5 cm³/mol. The monoisotopic (exact) mass is 287 g/mol. The third-order valence-electron chi connectivity index (χ3n) is 3.93. The van der Waals surface area contributed by atoms with Gasteiger partial charge in [-0.1, -0.05) is 13.0 Å². The molecule has 0 aliphatic heterocycles. The van der Waals surface area contributed by atoms with E-state index in [1.807, 2.05) is 19.4 Å². The zero-order valence-electron chi connectivity index (χ0n) is 13.6. The lowest BCUT2D eigenvalue weighted by atomic mass is 10.0. The van der Waals surface area contributed by atoms with Gasteiger partial charge in [0.25, 0.3) is 0 Å². The van der Waals surface area contributed by atoms with Gasteiger partial charge in [-0.15, -0.1) is 0 Å². The normalized spacial score (nSPS) is 14.0. The highest BCUT2D eigenvalue weighted by Crippen LogP contribution is 2.30. The molecule has 2 atom stereocenters. The number of aromatic nitrogens is 2. The molecule has 1 aromatic carbocycles. The minimum Gasteiger partial charge on any atom is -0.484 e. The number of aryl methyl sites for hydroxylation is 3. The first-order chi connectivity index (χ1) is 9.92. The van der Waals surface area contributed by atoms with Crippen LogP contribution in [0.4, 0.5) is 0 Å². The van der Waals surface area contributed by atoms with E-state index >= 15 is 0 Å². The number of hydrogen-bond donors (Lipinski definition) is 1. The van der Waals surface area contributed by atoms with Gasteiger partial charge in [0.1, 0.15) is 11.9 Å². The van der Waals surface area contributed by atoms with Crippen molar-refractivity contribution in [3.8, 4) is 5.75 Å². The lowest BCUT2D eigenvalue weighted by molar-refractivity contribution is 0.169. The van der Waals surface area contributed by atoms with Gasteiger partial charge in [0.05, 0.1) is 6.20 Å². The van der Waals surface area contributed by atoms with Crippen LogP contribution < -0.4 is 10.5 Å². The van der Waals surface area contributed by atoms with E-state index in [2.05, 4.69) is 44.9 Å².